The molecule has 158 valence electrons. The molecule has 0 heterocycles. The summed E-state index contributed by atoms with van der Waals surface area (Å²) in [7, 11) is 0. The first-order valence-corrected chi connectivity index (χ1v) is 6.97. The van der Waals surface area contributed by atoms with Crippen molar-refractivity contribution in [3.8, 4) is 0 Å². The van der Waals surface area contributed by atoms with Gasteiger partial charge in [-0.2, -0.15) is 39.5 Å². The summed E-state index contributed by atoms with van der Waals surface area (Å²) in [5.41, 5.74) is -4.25. The Morgan fingerprint density at radius 3 is 1.41 bits per heavy atom. The summed E-state index contributed by atoms with van der Waals surface area (Å²) < 4.78 is 115. The zero-order chi connectivity index (χ0) is 22.2. The van der Waals surface area contributed by atoms with E-state index in [1.807, 2.05) is 0 Å². The van der Waals surface area contributed by atoms with Gasteiger partial charge < -0.3 is 19.8 Å². The SMILES string of the molecule is CC(C)(C)/C(C(=O)[O-])=C(/CCC(F)(F)C(F)(F)C(F)(F)C(F)(F)F)C(=O)[O-]. The number of carboxylic acid groups (broad SMARTS) is 2. The molecule has 0 spiro atoms. The molecule has 0 unspecified atom stereocenters. The van der Waals surface area contributed by atoms with Gasteiger partial charge in [-0.15, -0.1) is 0 Å². The van der Waals surface area contributed by atoms with Gasteiger partial charge in [0.1, 0.15) is 0 Å². The van der Waals surface area contributed by atoms with Crippen molar-refractivity contribution in [1.82, 2.24) is 0 Å². The molecular formula is C14H13F9O4-2. The molecule has 0 aromatic heterocycles. The van der Waals surface area contributed by atoms with E-state index < -0.39 is 65.3 Å². The van der Waals surface area contributed by atoms with Crippen LogP contribution in [0.3, 0.4) is 0 Å². The number of hydrogen-bond donors (Lipinski definition) is 0. The first-order valence-electron chi connectivity index (χ1n) is 6.97. The van der Waals surface area contributed by atoms with Crippen LogP contribution < -0.4 is 10.2 Å². The molecule has 0 aliphatic heterocycles. The Labute approximate surface area is 146 Å². The second-order valence-electron chi connectivity index (χ2n) is 6.53. The summed E-state index contributed by atoms with van der Waals surface area (Å²) in [6.45, 7) is 3.23. The summed E-state index contributed by atoms with van der Waals surface area (Å²) in [5.74, 6) is -24.7. The molecule has 27 heavy (non-hydrogen) atoms. The summed E-state index contributed by atoms with van der Waals surface area (Å²) in [6, 6.07) is 0. The van der Waals surface area contributed by atoms with Crippen LogP contribution in [0.4, 0.5) is 39.5 Å². The summed E-state index contributed by atoms with van der Waals surface area (Å²) in [6.07, 6.45) is -11.3. The largest absolute Gasteiger partial charge is 0.545 e. The van der Waals surface area contributed by atoms with Crippen molar-refractivity contribution in [3.63, 3.8) is 0 Å². The lowest BCUT2D eigenvalue weighted by molar-refractivity contribution is -0.396. The number of halogens is 9. The zero-order valence-corrected chi connectivity index (χ0v) is 13.9. The van der Waals surface area contributed by atoms with Crippen molar-refractivity contribution in [2.24, 2.45) is 5.41 Å². The number of alkyl halides is 9. The standard InChI is InChI=1S/C14H15F9O4/c1-10(2,3)7(9(26)27)6(8(24)25)4-5-11(15,16)12(17,18)13(19,20)14(21,22)23/h4-5H2,1-3H3,(H,24,25)(H,26,27)/p-2/b7-6-. The van der Waals surface area contributed by atoms with Crippen LogP contribution in [0.25, 0.3) is 0 Å². The van der Waals surface area contributed by atoms with E-state index in [0.29, 0.717) is 0 Å². The molecule has 0 bridgehead atoms. The molecule has 0 atom stereocenters. The second-order valence-corrected chi connectivity index (χ2v) is 6.53. The molecule has 0 N–H and O–H groups in total. The Balaban J connectivity index is 6.07. The van der Waals surface area contributed by atoms with Crippen molar-refractivity contribution < 1.29 is 59.3 Å². The smallest absolute Gasteiger partial charge is 0.460 e. The Morgan fingerprint density at radius 1 is 0.741 bits per heavy atom. The molecular weight excluding hydrogens is 403 g/mol. The fourth-order valence-corrected chi connectivity index (χ4v) is 2.06. The molecule has 0 saturated carbocycles. The molecule has 0 aliphatic carbocycles. The molecule has 0 fully saturated rings. The lowest BCUT2D eigenvalue weighted by atomic mass is 9.81. The average Bonchev–Trinajstić information content (AvgIpc) is 2.39. The summed E-state index contributed by atoms with van der Waals surface area (Å²) in [4.78, 5) is 22.0. The summed E-state index contributed by atoms with van der Waals surface area (Å²) >= 11 is 0. The Hall–Kier alpha value is -1.95. The highest BCUT2D eigenvalue weighted by Gasteiger charge is 2.81. The number of rotatable bonds is 7. The Bertz CT molecular complexity index is 627. The maximum Gasteiger partial charge on any atom is 0.460 e. The third-order valence-corrected chi connectivity index (χ3v) is 3.40. The lowest BCUT2D eigenvalue weighted by Crippen LogP contribution is -2.60. The minimum atomic E-state index is -7.13. The van der Waals surface area contributed by atoms with Gasteiger partial charge in [-0.1, -0.05) is 20.8 Å². The van der Waals surface area contributed by atoms with Gasteiger partial charge in [0, 0.05) is 6.42 Å². The van der Waals surface area contributed by atoms with E-state index in [4.69, 9.17) is 0 Å². The van der Waals surface area contributed by atoms with Crippen molar-refractivity contribution in [1.29, 1.82) is 0 Å². The maximum absolute atomic E-state index is 13.5. The molecule has 0 aliphatic rings. The van der Waals surface area contributed by atoms with Gasteiger partial charge in [-0.05, 0) is 23.0 Å². The highest BCUT2D eigenvalue weighted by atomic mass is 19.4. The van der Waals surface area contributed by atoms with Crippen molar-refractivity contribution >= 4 is 11.9 Å². The van der Waals surface area contributed by atoms with Crippen LogP contribution in [-0.4, -0.2) is 35.9 Å². The van der Waals surface area contributed by atoms with E-state index in [1.165, 1.54) is 0 Å². The number of carbonyl (C=O) groups is 2. The van der Waals surface area contributed by atoms with Crippen LogP contribution in [0.2, 0.25) is 0 Å². The van der Waals surface area contributed by atoms with E-state index in [-0.39, 0.29) is 0 Å². The van der Waals surface area contributed by atoms with Crippen LogP contribution in [0.15, 0.2) is 11.1 Å². The van der Waals surface area contributed by atoms with E-state index in [1.54, 1.807) is 0 Å². The lowest BCUT2D eigenvalue weighted by Gasteiger charge is -2.34. The van der Waals surface area contributed by atoms with E-state index in [9.17, 15) is 59.3 Å². The summed E-state index contributed by atoms with van der Waals surface area (Å²) in [5, 5.41) is 22.0. The van der Waals surface area contributed by atoms with Crippen LogP contribution in [0.1, 0.15) is 33.6 Å². The van der Waals surface area contributed by atoms with Gasteiger partial charge in [-0.25, -0.2) is 0 Å². The van der Waals surface area contributed by atoms with Gasteiger partial charge in [0.2, 0.25) is 0 Å². The predicted molar refractivity (Wildman–Crippen MR) is 66.6 cm³/mol. The third-order valence-electron chi connectivity index (χ3n) is 3.40. The van der Waals surface area contributed by atoms with E-state index in [0.717, 1.165) is 20.8 Å². The minimum absolute atomic E-state index is 1.08. The molecule has 0 aromatic rings. The molecule has 0 amide bonds. The topological polar surface area (TPSA) is 80.3 Å². The van der Waals surface area contributed by atoms with Gasteiger partial charge in [-0.3, -0.25) is 0 Å². The normalized spacial score (nSPS) is 15.4. The highest BCUT2D eigenvalue weighted by molar-refractivity contribution is 5.98. The first kappa shape index (κ1) is 25.1. The van der Waals surface area contributed by atoms with Gasteiger partial charge in [0.15, 0.2) is 0 Å². The number of carboxylic acids is 2. The van der Waals surface area contributed by atoms with E-state index in [2.05, 4.69) is 0 Å². The van der Waals surface area contributed by atoms with Crippen LogP contribution in [-0.2, 0) is 9.59 Å². The minimum Gasteiger partial charge on any atom is -0.545 e. The number of carbonyl (C=O) groups excluding carboxylic acids is 2. The van der Waals surface area contributed by atoms with Gasteiger partial charge in [0.25, 0.3) is 0 Å². The number of hydrogen-bond acceptors (Lipinski definition) is 4. The predicted octanol–water partition coefficient (Wildman–Crippen LogP) is 2.08. The second kappa shape index (κ2) is 7.23. The maximum atomic E-state index is 13.5. The quantitative estimate of drug-likeness (QED) is 0.470. The Kier molecular flexibility index (Phi) is 6.70. The molecule has 4 nitrogen and oxygen atoms in total. The zero-order valence-electron chi connectivity index (χ0n) is 13.9. The Morgan fingerprint density at radius 2 is 1.15 bits per heavy atom. The third kappa shape index (κ3) is 4.86. The fourth-order valence-electron chi connectivity index (χ4n) is 2.06. The van der Waals surface area contributed by atoms with Crippen molar-refractivity contribution in [2.75, 3.05) is 0 Å². The van der Waals surface area contributed by atoms with Crippen LogP contribution in [0.5, 0.6) is 0 Å². The first-order chi connectivity index (χ1) is 11.6. The van der Waals surface area contributed by atoms with E-state index >= 15 is 0 Å². The number of aliphatic carboxylic acids is 2. The molecule has 0 aromatic carbocycles. The monoisotopic (exact) mass is 416 g/mol. The molecule has 0 saturated heterocycles. The van der Waals surface area contributed by atoms with Crippen molar-refractivity contribution in [2.45, 2.75) is 57.6 Å². The average molecular weight is 416 g/mol. The molecule has 0 rings (SSSR count). The van der Waals surface area contributed by atoms with Gasteiger partial charge >= 0.3 is 23.9 Å². The van der Waals surface area contributed by atoms with Crippen LogP contribution >= 0.6 is 0 Å². The van der Waals surface area contributed by atoms with Crippen molar-refractivity contribution in [3.05, 3.63) is 11.1 Å². The fraction of sp³-hybridized carbons (Fsp3) is 0.714. The highest BCUT2D eigenvalue weighted by Crippen LogP contribution is 2.54. The molecule has 13 heteroatoms. The van der Waals surface area contributed by atoms with Gasteiger partial charge in [0.05, 0.1) is 11.9 Å². The molecule has 0 radical (unpaired) electrons. The van der Waals surface area contributed by atoms with Crippen LogP contribution in [0, 0.1) is 5.41 Å².